The third-order valence-electron chi connectivity index (χ3n) is 5.66. The van der Waals surface area contributed by atoms with Crippen molar-refractivity contribution in [1.29, 1.82) is 0 Å². The van der Waals surface area contributed by atoms with Crippen molar-refractivity contribution in [3.05, 3.63) is 64.6 Å². The third-order valence-corrected chi connectivity index (χ3v) is 5.66. The van der Waals surface area contributed by atoms with Gasteiger partial charge in [-0.05, 0) is 49.1 Å². The van der Waals surface area contributed by atoms with Crippen molar-refractivity contribution >= 4 is 5.78 Å². The number of carbonyl (C=O) groups excluding carboxylic acids is 1. The van der Waals surface area contributed by atoms with Gasteiger partial charge in [0.05, 0.1) is 12.5 Å². The molecular formula is C22H24O3. The third kappa shape index (κ3) is 2.45. The first-order valence-electron chi connectivity index (χ1n) is 9.20. The van der Waals surface area contributed by atoms with E-state index in [0.717, 1.165) is 53.2 Å². The molecule has 1 heterocycles. The highest BCUT2D eigenvalue weighted by molar-refractivity contribution is 6.12. The summed E-state index contributed by atoms with van der Waals surface area (Å²) in [6.07, 6.45) is 12.1. The summed E-state index contributed by atoms with van der Waals surface area (Å²) in [4.78, 5) is 13.1. The van der Waals surface area contributed by atoms with Crippen LogP contribution in [-0.2, 0) is 10.2 Å². The first-order valence-corrected chi connectivity index (χ1v) is 9.20. The topological polar surface area (TPSA) is 35.5 Å². The van der Waals surface area contributed by atoms with Gasteiger partial charge in [0.2, 0.25) is 0 Å². The average Bonchev–Trinajstić information content (AvgIpc) is 3.28. The Morgan fingerprint density at radius 2 is 2.08 bits per heavy atom. The summed E-state index contributed by atoms with van der Waals surface area (Å²) in [5, 5.41) is 0. The number of rotatable bonds is 3. The zero-order valence-corrected chi connectivity index (χ0v) is 14.9. The van der Waals surface area contributed by atoms with Crippen LogP contribution < -0.4 is 4.74 Å². The number of hydrogen-bond donors (Lipinski definition) is 0. The van der Waals surface area contributed by atoms with Gasteiger partial charge in [-0.1, -0.05) is 31.9 Å². The number of benzene rings is 1. The molecule has 0 bridgehead atoms. The molecule has 1 aromatic rings. The van der Waals surface area contributed by atoms with Crippen molar-refractivity contribution in [2.75, 3.05) is 7.11 Å². The number of hydrogen-bond acceptors (Lipinski definition) is 3. The Balaban J connectivity index is 1.81. The number of allylic oxidation sites excluding steroid dienone is 5. The SMILES string of the molecule is CC/C=C\C=C1/CC2=C(O1)C1(CCCC1)c1cc(OC)ccc1C2=O. The monoisotopic (exact) mass is 336 g/mol. The summed E-state index contributed by atoms with van der Waals surface area (Å²) in [5.41, 5.74) is 2.63. The molecule has 3 heteroatoms. The van der Waals surface area contributed by atoms with Crippen LogP contribution in [0, 0.1) is 0 Å². The van der Waals surface area contributed by atoms with E-state index < -0.39 is 0 Å². The molecule has 0 unspecified atom stereocenters. The minimum atomic E-state index is -0.156. The molecule has 25 heavy (non-hydrogen) atoms. The molecule has 1 aliphatic heterocycles. The molecule has 2 aliphatic carbocycles. The van der Waals surface area contributed by atoms with Gasteiger partial charge in [0.15, 0.2) is 5.78 Å². The fourth-order valence-corrected chi connectivity index (χ4v) is 4.46. The molecule has 1 aromatic carbocycles. The lowest BCUT2D eigenvalue weighted by atomic mass is 9.69. The molecule has 4 rings (SSSR count). The van der Waals surface area contributed by atoms with Gasteiger partial charge in [-0.3, -0.25) is 4.79 Å². The molecule has 1 spiro atoms. The van der Waals surface area contributed by atoms with E-state index in [1.165, 1.54) is 12.8 Å². The van der Waals surface area contributed by atoms with Gasteiger partial charge in [-0.15, -0.1) is 0 Å². The maximum absolute atomic E-state index is 13.1. The van der Waals surface area contributed by atoms with E-state index in [-0.39, 0.29) is 11.2 Å². The summed E-state index contributed by atoms with van der Waals surface area (Å²) in [6.45, 7) is 2.11. The lowest BCUT2D eigenvalue weighted by molar-refractivity contribution is 0.101. The molecular weight excluding hydrogens is 312 g/mol. The Hall–Kier alpha value is -2.29. The summed E-state index contributed by atoms with van der Waals surface area (Å²) in [5.74, 6) is 2.72. The minimum absolute atomic E-state index is 0.119. The van der Waals surface area contributed by atoms with Crippen LogP contribution in [0.1, 0.15) is 61.4 Å². The highest BCUT2D eigenvalue weighted by Crippen LogP contribution is 2.56. The number of carbonyl (C=O) groups is 1. The molecule has 0 radical (unpaired) electrons. The number of ether oxygens (including phenoxy) is 2. The van der Waals surface area contributed by atoms with E-state index >= 15 is 0 Å². The molecule has 130 valence electrons. The minimum Gasteiger partial charge on any atom is -0.497 e. The van der Waals surface area contributed by atoms with E-state index in [1.54, 1.807) is 7.11 Å². The molecule has 3 nitrogen and oxygen atoms in total. The quantitative estimate of drug-likeness (QED) is 0.758. The number of fused-ring (bicyclic) bond motifs is 3. The summed E-state index contributed by atoms with van der Waals surface area (Å²) < 4.78 is 11.7. The highest BCUT2D eigenvalue weighted by Gasteiger charge is 2.51. The molecule has 0 amide bonds. The Bertz CT molecular complexity index is 805. The van der Waals surface area contributed by atoms with Crippen molar-refractivity contribution in [3.8, 4) is 5.75 Å². The van der Waals surface area contributed by atoms with Crippen LogP contribution in [0.25, 0.3) is 0 Å². The Morgan fingerprint density at radius 1 is 1.28 bits per heavy atom. The van der Waals surface area contributed by atoms with Crippen LogP contribution in [0.5, 0.6) is 5.75 Å². The van der Waals surface area contributed by atoms with Crippen molar-refractivity contribution in [2.45, 2.75) is 50.9 Å². The van der Waals surface area contributed by atoms with E-state index in [4.69, 9.17) is 9.47 Å². The van der Waals surface area contributed by atoms with E-state index in [2.05, 4.69) is 13.0 Å². The smallest absolute Gasteiger partial charge is 0.193 e. The number of ketones is 1. The normalized spacial score (nSPS) is 22.6. The van der Waals surface area contributed by atoms with Gasteiger partial charge in [0.1, 0.15) is 17.3 Å². The highest BCUT2D eigenvalue weighted by atomic mass is 16.5. The Kier molecular flexibility index (Phi) is 4.03. The molecule has 1 fully saturated rings. The van der Waals surface area contributed by atoms with Gasteiger partial charge in [-0.25, -0.2) is 0 Å². The van der Waals surface area contributed by atoms with Crippen LogP contribution in [0.4, 0.5) is 0 Å². The predicted octanol–water partition coefficient (Wildman–Crippen LogP) is 5.23. The van der Waals surface area contributed by atoms with E-state index in [0.29, 0.717) is 6.42 Å². The second-order valence-corrected chi connectivity index (χ2v) is 7.09. The molecule has 0 atom stereocenters. The van der Waals surface area contributed by atoms with Crippen LogP contribution >= 0.6 is 0 Å². The van der Waals surface area contributed by atoms with Gasteiger partial charge < -0.3 is 9.47 Å². The van der Waals surface area contributed by atoms with Crippen molar-refractivity contribution in [1.82, 2.24) is 0 Å². The molecule has 3 aliphatic rings. The molecule has 0 N–H and O–H groups in total. The molecule has 0 aromatic heterocycles. The average molecular weight is 336 g/mol. The standard InChI is InChI=1S/C22H24O3/c1-3-4-5-8-16-13-18-20(23)17-10-9-15(24-2)14-19(17)22(21(18)25-16)11-6-7-12-22/h4-5,8-10,14H,3,6-7,11-13H2,1-2H3/b5-4-,16-8+. The van der Waals surface area contributed by atoms with Crippen LogP contribution in [0.3, 0.4) is 0 Å². The molecule has 0 saturated heterocycles. The van der Waals surface area contributed by atoms with Crippen LogP contribution in [-0.4, -0.2) is 12.9 Å². The van der Waals surface area contributed by atoms with Gasteiger partial charge in [0, 0.05) is 17.6 Å². The molecule has 1 saturated carbocycles. The van der Waals surface area contributed by atoms with Gasteiger partial charge >= 0.3 is 0 Å². The van der Waals surface area contributed by atoms with Crippen molar-refractivity contribution in [2.24, 2.45) is 0 Å². The Labute approximate surface area is 149 Å². The van der Waals surface area contributed by atoms with Crippen molar-refractivity contribution < 1.29 is 14.3 Å². The second kappa shape index (κ2) is 6.21. The maximum atomic E-state index is 13.1. The second-order valence-electron chi connectivity index (χ2n) is 7.09. The largest absolute Gasteiger partial charge is 0.497 e. The van der Waals surface area contributed by atoms with E-state index in [1.807, 2.05) is 30.4 Å². The predicted molar refractivity (Wildman–Crippen MR) is 97.7 cm³/mol. The summed E-state index contributed by atoms with van der Waals surface area (Å²) in [7, 11) is 1.67. The maximum Gasteiger partial charge on any atom is 0.193 e. The lowest BCUT2D eigenvalue weighted by Gasteiger charge is -2.35. The zero-order chi connectivity index (χ0) is 17.4. The first-order chi connectivity index (χ1) is 12.2. The first kappa shape index (κ1) is 16.2. The summed E-state index contributed by atoms with van der Waals surface area (Å²) >= 11 is 0. The van der Waals surface area contributed by atoms with Crippen LogP contribution in [0.2, 0.25) is 0 Å². The zero-order valence-electron chi connectivity index (χ0n) is 14.9. The van der Waals surface area contributed by atoms with Crippen LogP contribution in [0.15, 0.2) is 53.5 Å². The summed E-state index contributed by atoms with van der Waals surface area (Å²) in [6, 6.07) is 5.87. The number of methoxy groups -OCH3 is 1. The number of Topliss-reactive ketones (excluding diaryl/α,β-unsaturated/α-hetero) is 1. The fraction of sp³-hybridized carbons (Fsp3) is 0.409. The van der Waals surface area contributed by atoms with E-state index in [9.17, 15) is 4.79 Å². The Morgan fingerprint density at radius 3 is 2.80 bits per heavy atom. The fourth-order valence-electron chi connectivity index (χ4n) is 4.46. The van der Waals surface area contributed by atoms with Gasteiger partial charge in [-0.2, -0.15) is 0 Å². The lowest BCUT2D eigenvalue weighted by Crippen LogP contribution is -2.33. The van der Waals surface area contributed by atoms with Gasteiger partial charge in [0.25, 0.3) is 0 Å². The van der Waals surface area contributed by atoms with Crippen molar-refractivity contribution in [3.63, 3.8) is 0 Å².